The van der Waals surface area contributed by atoms with Crippen molar-refractivity contribution < 1.29 is 5.11 Å². The first-order chi connectivity index (χ1) is 14.7. The molecule has 2 atom stereocenters. The van der Waals surface area contributed by atoms with Gasteiger partial charge in [0, 0.05) is 44.0 Å². The van der Waals surface area contributed by atoms with E-state index in [1.54, 1.807) is 0 Å². The lowest BCUT2D eigenvalue weighted by molar-refractivity contribution is 0.0651. The van der Waals surface area contributed by atoms with Crippen molar-refractivity contribution in [1.29, 1.82) is 0 Å². The summed E-state index contributed by atoms with van der Waals surface area (Å²) < 4.78 is 0. The SMILES string of the molecule is NCCCC1C(Nc2nccc(N3CCCCCC3)n2)CCN1[C@H]1CC[C@@H](O)CC1. The number of rotatable bonds is 7. The first-order valence-corrected chi connectivity index (χ1v) is 12.2. The molecule has 0 amide bonds. The van der Waals surface area contributed by atoms with Crippen LogP contribution < -0.4 is 16.0 Å². The van der Waals surface area contributed by atoms with Crippen LogP contribution in [0.2, 0.25) is 0 Å². The smallest absolute Gasteiger partial charge is 0.224 e. The summed E-state index contributed by atoms with van der Waals surface area (Å²) in [4.78, 5) is 14.6. The van der Waals surface area contributed by atoms with Crippen molar-refractivity contribution in [3.63, 3.8) is 0 Å². The van der Waals surface area contributed by atoms with Crippen LogP contribution in [0.1, 0.15) is 70.6 Å². The molecule has 2 saturated heterocycles. The third-order valence-electron chi connectivity index (χ3n) is 7.31. The van der Waals surface area contributed by atoms with Crippen molar-refractivity contribution in [1.82, 2.24) is 14.9 Å². The molecule has 3 aliphatic rings. The lowest BCUT2D eigenvalue weighted by Gasteiger charge is -2.38. The van der Waals surface area contributed by atoms with Crippen LogP contribution in [-0.2, 0) is 0 Å². The van der Waals surface area contributed by atoms with Gasteiger partial charge in [-0.2, -0.15) is 4.98 Å². The van der Waals surface area contributed by atoms with Crippen LogP contribution in [0, 0.1) is 0 Å². The molecular formula is C23H40N6O. The van der Waals surface area contributed by atoms with Crippen molar-refractivity contribution in [3.8, 4) is 0 Å². The fraction of sp³-hybridized carbons (Fsp3) is 0.826. The number of aliphatic hydroxyl groups is 1. The Kier molecular flexibility index (Phi) is 7.79. The van der Waals surface area contributed by atoms with Gasteiger partial charge in [0.1, 0.15) is 5.82 Å². The van der Waals surface area contributed by atoms with Gasteiger partial charge < -0.3 is 21.1 Å². The van der Waals surface area contributed by atoms with E-state index in [9.17, 15) is 5.11 Å². The van der Waals surface area contributed by atoms with E-state index in [2.05, 4.69) is 26.2 Å². The second kappa shape index (κ2) is 10.7. The molecule has 4 rings (SSSR count). The average molecular weight is 417 g/mol. The monoisotopic (exact) mass is 416 g/mol. The molecule has 30 heavy (non-hydrogen) atoms. The van der Waals surface area contributed by atoms with E-state index in [4.69, 9.17) is 10.7 Å². The van der Waals surface area contributed by atoms with Crippen LogP contribution in [0.4, 0.5) is 11.8 Å². The first kappa shape index (κ1) is 21.8. The van der Waals surface area contributed by atoms with Crippen LogP contribution in [0.3, 0.4) is 0 Å². The highest BCUT2D eigenvalue weighted by Crippen LogP contribution is 2.32. The number of aromatic nitrogens is 2. The molecule has 2 unspecified atom stereocenters. The fourth-order valence-electron chi connectivity index (χ4n) is 5.64. The Balaban J connectivity index is 1.42. The number of anilines is 2. The van der Waals surface area contributed by atoms with E-state index < -0.39 is 0 Å². The van der Waals surface area contributed by atoms with Crippen LogP contribution >= 0.6 is 0 Å². The summed E-state index contributed by atoms with van der Waals surface area (Å²) in [5.41, 5.74) is 5.86. The third kappa shape index (κ3) is 5.42. The lowest BCUT2D eigenvalue weighted by Crippen LogP contribution is -2.46. The van der Waals surface area contributed by atoms with Crippen molar-refractivity contribution >= 4 is 11.8 Å². The summed E-state index contributed by atoms with van der Waals surface area (Å²) in [5, 5.41) is 13.6. The third-order valence-corrected chi connectivity index (χ3v) is 7.31. The van der Waals surface area contributed by atoms with E-state index >= 15 is 0 Å². The largest absolute Gasteiger partial charge is 0.393 e. The first-order valence-electron chi connectivity index (χ1n) is 12.2. The molecule has 0 spiro atoms. The number of likely N-dealkylation sites (tertiary alicyclic amines) is 1. The molecule has 7 heteroatoms. The zero-order valence-electron chi connectivity index (χ0n) is 18.4. The fourth-order valence-corrected chi connectivity index (χ4v) is 5.64. The maximum Gasteiger partial charge on any atom is 0.224 e. The number of hydrogen-bond donors (Lipinski definition) is 3. The molecule has 0 radical (unpaired) electrons. The van der Waals surface area contributed by atoms with Crippen LogP contribution in [-0.4, -0.2) is 70.4 Å². The summed E-state index contributed by atoms with van der Waals surface area (Å²) in [6.45, 7) is 4.04. The molecule has 3 heterocycles. The summed E-state index contributed by atoms with van der Waals surface area (Å²) in [7, 11) is 0. The van der Waals surface area contributed by atoms with Gasteiger partial charge in [-0.1, -0.05) is 12.8 Å². The van der Waals surface area contributed by atoms with Crippen molar-refractivity contribution in [3.05, 3.63) is 12.3 Å². The number of hydrogen-bond acceptors (Lipinski definition) is 7. The van der Waals surface area contributed by atoms with E-state index in [0.717, 1.165) is 82.9 Å². The standard InChI is InChI=1S/C23H40N6O/c24-13-5-6-21-20(12-17-29(21)18-7-9-19(30)10-8-18)26-23-25-14-11-22(27-23)28-15-3-1-2-4-16-28/h11,14,18-21,30H,1-10,12-13,15-17,24H2,(H,25,26,27)/t18-,19+,20?,21?. The van der Waals surface area contributed by atoms with Gasteiger partial charge in [0.2, 0.25) is 5.95 Å². The Labute approximate surface area is 181 Å². The Morgan fingerprint density at radius 1 is 1.03 bits per heavy atom. The summed E-state index contributed by atoms with van der Waals surface area (Å²) in [5.74, 6) is 1.82. The Morgan fingerprint density at radius 3 is 2.53 bits per heavy atom. The Hall–Kier alpha value is -1.44. The van der Waals surface area contributed by atoms with Crippen LogP contribution in [0.5, 0.6) is 0 Å². The Bertz CT molecular complexity index is 642. The van der Waals surface area contributed by atoms with E-state index in [1.807, 2.05) is 6.20 Å². The highest BCUT2D eigenvalue weighted by molar-refractivity contribution is 5.43. The van der Waals surface area contributed by atoms with Crippen LogP contribution in [0.25, 0.3) is 0 Å². The normalized spacial score (nSPS) is 30.9. The maximum absolute atomic E-state index is 9.91. The minimum atomic E-state index is -0.101. The van der Waals surface area contributed by atoms with Gasteiger partial charge in [0.15, 0.2) is 0 Å². The second-order valence-electron chi connectivity index (χ2n) is 9.38. The zero-order chi connectivity index (χ0) is 20.8. The molecule has 1 aliphatic carbocycles. The number of nitrogens with two attached hydrogens (primary N) is 1. The topological polar surface area (TPSA) is 90.5 Å². The number of nitrogens with zero attached hydrogens (tertiary/aromatic N) is 4. The lowest BCUT2D eigenvalue weighted by atomic mass is 9.91. The minimum absolute atomic E-state index is 0.101. The van der Waals surface area contributed by atoms with Crippen molar-refractivity contribution in [2.75, 3.05) is 36.4 Å². The second-order valence-corrected chi connectivity index (χ2v) is 9.38. The summed E-state index contributed by atoms with van der Waals surface area (Å²) in [6, 6.07) is 3.48. The minimum Gasteiger partial charge on any atom is -0.393 e. The molecule has 0 aromatic carbocycles. The van der Waals surface area contributed by atoms with Crippen molar-refractivity contribution in [2.45, 2.75) is 94.9 Å². The molecule has 7 nitrogen and oxygen atoms in total. The van der Waals surface area contributed by atoms with Gasteiger partial charge >= 0.3 is 0 Å². The molecule has 1 saturated carbocycles. The average Bonchev–Trinajstić information content (AvgIpc) is 2.97. The van der Waals surface area contributed by atoms with Gasteiger partial charge in [-0.25, -0.2) is 4.98 Å². The number of nitrogens with one attached hydrogen (secondary N) is 1. The predicted octanol–water partition coefficient (Wildman–Crippen LogP) is 2.75. The van der Waals surface area contributed by atoms with E-state index in [-0.39, 0.29) is 6.10 Å². The molecule has 168 valence electrons. The summed E-state index contributed by atoms with van der Waals surface area (Å²) >= 11 is 0. The molecule has 3 fully saturated rings. The van der Waals surface area contributed by atoms with E-state index in [0.29, 0.717) is 18.1 Å². The highest BCUT2D eigenvalue weighted by Gasteiger charge is 2.39. The zero-order valence-corrected chi connectivity index (χ0v) is 18.4. The van der Waals surface area contributed by atoms with Gasteiger partial charge in [-0.15, -0.1) is 0 Å². The molecule has 4 N–H and O–H groups in total. The van der Waals surface area contributed by atoms with Gasteiger partial charge in [-0.05, 0) is 70.4 Å². The van der Waals surface area contributed by atoms with Crippen molar-refractivity contribution in [2.24, 2.45) is 5.73 Å². The Morgan fingerprint density at radius 2 is 1.80 bits per heavy atom. The molecule has 0 bridgehead atoms. The van der Waals surface area contributed by atoms with Gasteiger partial charge in [-0.3, -0.25) is 4.90 Å². The summed E-state index contributed by atoms with van der Waals surface area (Å²) in [6.07, 6.45) is 14.3. The van der Waals surface area contributed by atoms with Gasteiger partial charge in [0.05, 0.1) is 6.10 Å². The highest BCUT2D eigenvalue weighted by atomic mass is 16.3. The quantitative estimate of drug-likeness (QED) is 0.629. The molecule has 1 aromatic heterocycles. The molecule has 2 aliphatic heterocycles. The van der Waals surface area contributed by atoms with Crippen LogP contribution in [0.15, 0.2) is 12.3 Å². The maximum atomic E-state index is 9.91. The number of aliphatic hydroxyl groups excluding tert-OH is 1. The molecule has 1 aromatic rings. The molecular weight excluding hydrogens is 376 g/mol. The van der Waals surface area contributed by atoms with Gasteiger partial charge in [0.25, 0.3) is 0 Å². The predicted molar refractivity (Wildman–Crippen MR) is 122 cm³/mol. The van der Waals surface area contributed by atoms with E-state index in [1.165, 1.54) is 25.7 Å².